The molecule has 4 heterocycles. The first-order valence-electron chi connectivity index (χ1n) is 11.2. The molecule has 4 atom stereocenters. The number of thiazole rings is 1. The van der Waals surface area contributed by atoms with Crippen molar-refractivity contribution in [2.45, 2.75) is 29.9 Å². The van der Waals surface area contributed by atoms with Crippen molar-refractivity contribution < 1.29 is 21.6 Å². The third kappa shape index (κ3) is 3.71. The summed E-state index contributed by atoms with van der Waals surface area (Å²) in [6.45, 7) is 3.56. The fourth-order valence-corrected chi connectivity index (χ4v) is 8.12. The van der Waals surface area contributed by atoms with Gasteiger partial charge in [0.05, 0.1) is 16.0 Å². The molecule has 0 unspecified atom stereocenters. The molecule has 1 saturated carbocycles. The van der Waals surface area contributed by atoms with E-state index in [4.69, 9.17) is 0 Å². The lowest BCUT2D eigenvalue weighted by atomic mass is 10.1. The summed E-state index contributed by atoms with van der Waals surface area (Å²) in [6, 6.07) is 8.43. The number of piperidine rings is 1. The van der Waals surface area contributed by atoms with Gasteiger partial charge in [-0.1, -0.05) is 12.1 Å². The zero-order valence-corrected chi connectivity index (χ0v) is 19.9. The van der Waals surface area contributed by atoms with Crippen molar-refractivity contribution in [1.29, 1.82) is 0 Å². The average molecular weight is 510 g/mol. The number of aromatic nitrogens is 3. The summed E-state index contributed by atoms with van der Waals surface area (Å²) < 4.78 is 67.4. The molecule has 7 nitrogen and oxygen atoms in total. The maximum atomic E-state index is 13.5. The van der Waals surface area contributed by atoms with Crippen molar-refractivity contribution in [1.82, 2.24) is 15.0 Å². The Balaban J connectivity index is 1.18. The van der Waals surface area contributed by atoms with Crippen molar-refractivity contribution in [2.75, 3.05) is 35.2 Å². The highest BCUT2D eigenvalue weighted by molar-refractivity contribution is 7.93. The second-order valence-electron chi connectivity index (χ2n) is 9.37. The number of anilines is 2. The van der Waals surface area contributed by atoms with Gasteiger partial charge in [0.1, 0.15) is 5.82 Å². The van der Waals surface area contributed by atoms with Crippen molar-refractivity contribution in [3.05, 3.63) is 36.0 Å². The third-order valence-corrected chi connectivity index (χ3v) is 10.5. The molecule has 2 aromatic heterocycles. The molecule has 0 N–H and O–H groups in total. The van der Waals surface area contributed by atoms with E-state index in [9.17, 15) is 21.6 Å². The minimum Gasteiger partial charge on any atom is -0.356 e. The first-order chi connectivity index (χ1) is 16.1. The molecular weight excluding hydrogens is 487 g/mol. The Kier molecular flexibility index (Phi) is 4.87. The van der Waals surface area contributed by atoms with Crippen LogP contribution < -0.4 is 9.80 Å². The van der Waals surface area contributed by atoms with Crippen molar-refractivity contribution in [3.8, 4) is 0 Å². The van der Waals surface area contributed by atoms with Gasteiger partial charge < -0.3 is 9.80 Å². The zero-order valence-electron chi connectivity index (χ0n) is 18.2. The zero-order chi connectivity index (χ0) is 23.8. The maximum absolute atomic E-state index is 13.5. The van der Waals surface area contributed by atoms with Crippen LogP contribution in [-0.2, 0) is 16.0 Å². The van der Waals surface area contributed by atoms with Crippen LogP contribution in [0.2, 0.25) is 0 Å². The van der Waals surface area contributed by atoms with E-state index in [-0.39, 0.29) is 45.7 Å². The van der Waals surface area contributed by atoms with Crippen molar-refractivity contribution in [3.63, 3.8) is 0 Å². The fourth-order valence-electron chi connectivity index (χ4n) is 5.06. The first-order valence-corrected chi connectivity index (χ1v) is 13.6. The molecule has 12 heteroatoms. The predicted molar refractivity (Wildman–Crippen MR) is 123 cm³/mol. The van der Waals surface area contributed by atoms with E-state index in [2.05, 4.69) is 15.0 Å². The Labute approximate surface area is 198 Å². The number of rotatable bonds is 5. The van der Waals surface area contributed by atoms with Crippen LogP contribution in [0.5, 0.6) is 0 Å². The van der Waals surface area contributed by atoms with Gasteiger partial charge >= 0.3 is 6.18 Å². The number of para-hydroxylation sites is 1. The molecule has 0 amide bonds. The van der Waals surface area contributed by atoms with Gasteiger partial charge in [-0.25, -0.2) is 18.4 Å². The van der Waals surface area contributed by atoms with Gasteiger partial charge in [0, 0.05) is 31.7 Å². The quantitative estimate of drug-likeness (QED) is 0.517. The van der Waals surface area contributed by atoms with Crippen LogP contribution in [0.25, 0.3) is 10.2 Å². The highest BCUT2D eigenvalue weighted by Crippen LogP contribution is 2.53. The molecule has 3 aromatic rings. The predicted octanol–water partition coefficient (Wildman–Crippen LogP) is 3.86. The highest BCUT2D eigenvalue weighted by Gasteiger charge is 2.57. The maximum Gasteiger partial charge on any atom is 0.433 e. The van der Waals surface area contributed by atoms with E-state index in [1.807, 2.05) is 30.0 Å². The summed E-state index contributed by atoms with van der Waals surface area (Å²) in [4.78, 5) is 16.1. The molecule has 34 heavy (non-hydrogen) atoms. The Hall–Kier alpha value is -2.47. The Morgan fingerprint density at radius 1 is 1.12 bits per heavy atom. The molecule has 3 fully saturated rings. The fraction of sp³-hybridized carbons (Fsp3) is 0.500. The SMILES string of the molecule is C[C@H]1CCN1c1nc(N2C[C@@H]3[C@H](C2)[C@H]3CS(=O)(=O)c2nc3ccccc3s2)cc(C(F)(F)F)n1. The van der Waals surface area contributed by atoms with Crippen LogP contribution in [-0.4, -0.2) is 54.8 Å². The molecule has 2 saturated heterocycles. The molecule has 3 aliphatic rings. The second kappa shape index (κ2) is 7.51. The monoisotopic (exact) mass is 509 g/mol. The molecule has 2 aliphatic heterocycles. The van der Waals surface area contributed by atoms with Gasteiger partial charge in [-0.2, -0.15) is 18.2 Å². The van der Waals surface area contributed by atoms with Crippen molar-refractivity contribution in [2.24, 2.45) is 17.8 Å². The van der Waals surface area contributed by atoms with Gasteiger partial charge in [0.25, 0.3) is 0 Å². The van der Waals surface area contributed by atoms with E-state index in [1.165, 1.54) is 11.3 Å². The Bertz CT molecular complexity index is 1330. The van der Waals surface area contributed by atoms with Crippen LogP contribution >= 0.6 is 11.3 Å². The number of hydrogen-bond donors (Lipinski definition) is 0. The van der Waals surface area contributed by atoms with Gasteiger partial charge in [0.2, 0.25) is 20.1 Å². The lowest BCUT2D eigenvalue weighted by Gasteiger charge is -2.39. The van der Waals surface area contributed by atoms with Gasteiger partial charge in [0.15, 0.2) is 5.69 Å². The second-order valence-corrected chi connectivity index (χ2v) is 12.6. The normalized spacial score (nSPS) is 26.6. The lowest BCUT2D eigenvalue weighted by Crippen LogP contribution is -2.47. The van der Waals surface area contributed by atoms with Gasteiger partial charge in [-0.15, -0.1) is 11.3 Å². The standard InChI is InChI=1S/C22H22F3N5O2S2/c1-12-6-7-30(12)20-27-18(22(23,24)25)8-19(28-20)29-9-13-14(10-29)15(13)11-34(31,32)21-26-16-4-2-3-5-17(16)33-21/h2-5,8,12-15H,6-7,9-11H2,1H3/t12-,13-,14+,15+/m0/s1. The highest BCUT2D eigenvalue weighted by atomic mass is 32.2. The topological polar surface area (TPSA) is 79.3 Å². The number of hydrogen-bond acceptors (Lipinski definition) is 8. The molecule has 6 rings (SSSR count). The summed E-state index contributed by atoms with van der Waals surface area (Å²) >= 11 is 1.18. The van der Waals surface area contributed by atoms with Crippen LogP contribution in [0, 0.1) is 17.8 Å². The minimum atomic E-state index is -4.56. The van der Waals surface area contributed by atoms with Crippen molar-refractivity contribution >= 4 is 43.2 Å². The van der Waals surface area contributed by atoms with E-state index in [0.717, 1.165) is 17.2 Å². The number of benzene rings is 1. The van der Waals surface area contributed by atoms with Crippen LogP contribution in [0.1, 0.15) is 19.0 Å². The minimum absolute atomic E-state index is 0.00735. The third-order valence-electron chi connectivity index (χ3n) is 7.22. The molecule has 0 bridgehead atoms. The average Bonchev–Trinajstić information content (AvgIpc) is 3.15. The van der Waals surface area contributed by atoms with E-state index < -0.39 is 21.7 Å². The molecular formula is C22H22F3N5O2S2. The number of sulfone groups is 1. The van der Waals surface area contributed by atoms with E-state index in [1.54, 1.807) is 11.0 Å². The Morgan fingerprint density at radius 3 is 2.47 bits per heavy atom. The molecule has 180 valence electrons. The van der Waals surface area contributed by atoms with Gasteiger partial charge in [-0.05, 0) is 43.2 Å². The van der Waals surface area contributed by atoms with Crippen LogP contribution in [0.4, 0.5) is 24.9 Å². The smallest absolute Gasteiger partial charge is 0.356 e. The number of fused-ring (bicyclic) bond motifs is 2. The lowest BCUT2D eigenvalue weighted by molar-refractivity contribution is -0.141. The van der Waals surface area contributed by atoms with Gasteiger partial charge in [-0.3, -0.25) is 0 Å². The largest absolute Gasteiger partial charge is 0.433 e. The van der Waals surface area contributed by atoms with E-state index >= 15 is 0 Å². The first kappa shape index (κ1) is 22.0. The summed E-state index contributed by atoms with van der Waals surface area (Å²) in [5.41, 5.74) is -0.271. The van der Waals surface area contributed by atoms with Crippen LogP contribution in [0.15, 0.2) is 34.7 Å². The number of halogens is 3. The summed E-state index contributed by atoms with van der Waals surface area (Å²) in [5.74, 6) is 0.631. The summed E-state index contributed by atoms with van der Waals surface area (Å²) in [5, 5.41) is 0. The summed E-state index contributed by atoms with van der Waals surface area (Å²) in [6.07, 6.45) is -3.66. The van der Waals surface area contributed by atoms with Crippen LogP contribution in [0.3, 0.4) is 0 Å². The summed E-state index contributed by atoms with van der Waals surface area (Å²) in [7, 11) is -3.52. The molecule has 0 spiro atoms. The number of nitrogens with zero attached hydrogens (tertiary/aromatic N) is 5. The number of alkyl halides is 3. The molecule has 1 aromatic carbocycles. The molecule has 0 radical (unpaired) electrons. The Morgan fingerprint density at radius 2 is 1.85 bits per heavy atom. The van der Waals surface area contributed by atoms with E-state index in [0.29, 0.717) is 25.2 Å². The molecule has 1 aliphatic carbocycles.